The van der Waals surface area contributed by atoms with Crippen molar-refractivity contribution in [2.75, 3.05) is 6.61 Å². The molecule has 2 unspecified atom stereocenters. The molecule has 3 N–H and O–H groups in total. The van der Waals surface area contributed by atoms with E-state index in [1.54, 1.807) is 6.92 Å². The highest BCUT2D eigenvalue weighted by atomic mass is 16.4. The zero-order valence-corrected chi connectivity index (χ0v) is 16.6. The second-order valence-electron chi connectivity index (χ2n) is 7.82. The van der Waals surface area contributed by atoms with Crippen LogP contribution in [0, 0.1) is 5.92 Å². The average molecular weight is 359 g/mol. The number of hydrogen-bond donors (Lipinski definition) is 3. The van der Waals surface area contributed by atoms with E-state index in [0.29, 0.717) is 12.8 Å². The van der Waals surface area contributed by atoms with Crippen LogP contribution in [0.4, 0.5) is 0 Å². The van der Waals surface area contributed by atoms with Gasteiger partial charge in [-0.1, -0.05) is 77.6 Å². The van der Waals surface area contributed by atoms with E-state index < -0.39 is 11.6 Å². The molecule has 0 radical (unpaired) electrons. The van der Waals surface area contributed by atoms with E-state index in [4.69, 9.17) is 5.11 Å². The third-order valence-electron chi connectivity index (χ3n) is 5.30. The second kappa shape index (κ2) is 15.6. The van der Waals surface area contributed by atoms with Crippen LogP contribution in [0.5, 0.6) is 0 Å². The molecule has 150 valence electrons. The number of unbranched alkanes of at least 4 members (excludes halogenated alkanes) is 10. The Morgan fingerprint density at radius 3 is 1.72 bits per heavy atom. The van der Waals surface area contributed by atoms with Crippen molar-refractivity contribution in [2.45, 2.75) is 116 Å². The van der Waals surface area contributed by atoms with Crippen molar-refractivity contribution in [3.63, 3.8) is 0 Å². The van der Waals surface area contributed by atoms with E-state index in [-0.39, 0.29) is 18.9 Å². The highest BCUT2D eigenvalue weighted by molar-refractivity contribution is 5.66. The standard InChI is InChI=1S/C21H42O4/c1-3-4-5-6-7-8-9-10-11-12-13-15-19(21(2,25)18-22)16-14-17-20(23)24/h19,22,25H,3-18H2,1-2H3,(H,23,24). The summed E-state index contributed by atoms with van der Waals surface area (Å²) in [7, 11) is 0. The Labute approximate surface area is 155 Å². The lowest BCUT2D eigenvalue weighted by molar-refractivity contribution is -0.137. The van der Waals surface area contributed by atoms with Gasteiger partial charge in [0.25, 0.3) is 0 Å². The summed E-state index contributed by atoms with van der Waals surface area (Å²) < 4.78 is 0. The maximum absolute atomic E-state index is 10.6. The van der Waals surface area contributed by atoms with Crippen molar-refractivity contribution >= 4 is 5.97 Å². The molecule has 0 aliphatic rings. The number of aliphatic hydroxyl groups is 2. The molecule has 0 aromatic heterocycles. The molecule has 0 aromatic carbocycles. The molecule has 25 heavy (non-hydrogen) atoms. The molecule has 0 saturated heterocycles. The third kappa shape index (κ3) is 14.3. The van der Waals surface area contributed by atoms with Gasteiger partial charge >= 0.3 is 5.97 Å². The van der Waals surface area contributed by atoms with Crippen molar-refractivity contribution in [3.8, 4) is 0 Å². The first kappa shape index (κ1) is 24.4. The Morgan fingerprint density at radius 2 is 1.28 bits per heavy atom. The molecular formula is C21H42O4. The van der Waals surface area contributed by atoms with Crippen LogP contribution in [0.25, 0.3) is 0 Å². The Hall–Kier alpha value is -0.610. The molecule has 4 heteroatoms. The predicted octanol–water partition coefficient (Wildman–Crippen LogP) is 5.30. The van der Waals surface area contributed by atoms with Gasteiger partial charge in [-0.3, -0.25) is 4.79 Å². The van der Waals surface area contributed by atoms with Gasteiger partial charge in [-0.2, -0.15) is 0 Å². The van der Waals surface area contributed by atoms with Gasteiger partial charge in [0, 0.05) is 6.42 Å². The fraction of sp³-hybridized carbons (Fsp3) is 0.952. The van der Waals surface area contributed by atoms with E-state index in [1.807, 2.05) is 0 Å². The van der Waals surface area contributed by atoms with Gasteiger partial charge < -0.3 is 15.3 Å². The van der Waals surface area contributed by atoms with Crippen LogP contribution in [0.1, 0.15) is 110 Å². The van der Waals surface area contributed by atoms with Crippen molar-refractivity contribution in [1.82, 2.24) is 0 Å². The number of rotatable bonds is 18. The highest BCUT2D eigenvalue weighted by Gasteiger charge is 2.30. The van der Waals surface area contributed by atoms with E-state index >= 15 is 0 Å². The monoisotopic (exact) mass is 358 g/mol. The molecule has 0 rings (SSSR count). The van der Waals surface area contributed by atoms with Gasteiger partial charge in [0.05, 0.1) is 12.2 Å². The summed E-state index contributed by atoms with van der Waals surface area (Å²) in [4.78, 5) is 10.6. The van der Waals surface area contributed by atoms with Crippen LogP contribution in [-0.4, -0.2) is 33.5 Å². The summed E-state index contributed by atoms with van der Waals surface area (Å²) in [5.74, 6) is -0.812. The minimum absolute atomic E-state index is 0.0181. The molecule has 0 heterocycles. The van der Waals surface area contributed by atoms with Crippen LogP contribution in [-0.2, 0) is 4.79 Å². The summed E-state index contributed by atoms with van der Waals surface area (Å²) in [6.45, 7) is 3.65. The summed E-state index contributed by atoms with van der Waals surface area (Å²) in [5, 5.41) is 28.4. The molecule has 2 atom stereocenters. The zero-order chi connectivity index (χ0) is 19.0. The van der Waals surface area contributed by atoms with Crippen molar-refractivity contribution in [2.24, 2.45) is 5.92 Å². The Morgan fingerprint density at radius 1 is 0.840 bits per heavy atom. The molecule has 0 bridgehead atoms. The average Bonchev–Trinajstić information content (AvgIpc) is 2.57. The van der Waals surface area contributed by atoms with Crippen molar-refractivity contribution in [1.29, 1.82) is 0 Å². The van der Waals surface area contributed by atoms with Gasteiger partial charge in [0.2, 0.25) is 0 Å². The number of aliphatic carboxylic acids is 1. The van der Waals surface area contributed by atoms with E-state index in [2.05, 4.69) is 6.92 Å². The quantitative estimate of drug-likeness (QED) is 0.290. The summed E-state index contributed by atoms with van der Waals surface area (Å²) in [6.07, 6.45) is 16.4. The fourth-order valence-electron chi connectivity index (χ4n) is 3.45. The smallest absolute Gasteiger partial charge is 0.303 e. The number of carboxylic acid groups (broad SMARTS) is 1. The number of aliphatic hydroxyl groups excluding tert-OH is 1. The first-order valence-electron chi connectivity index (χ1n) is 10.5. The highest BCUT2D eigenvalue weighted by Crippen LogP contribution is 2.28. The topological polar surface area (TPSA) is 77.8 Å². The minimum atomic E-state index is -1.10. The van der Waals surface area contributed by atoms with Gasteiger partial charge in [-0.05, 0) is 32.1 Å². The zero-order valence-electron chi connectivity index (χ0n) is 16.6. The van der Waals surface area contributed by atoms with E-state index in [0.717, 1.165) is 19.3 Å². The lowest BCUT2D eigenvalue weighted by Gasteiger charge is -2.31. The molecule has 0 fully saturated rings. The molecule has 0 saturated carbocycles. The van der Waals surface area contributed by atoms with Crippen molar-refractivity contribution < 1.29 is 20.1 Å². The van der Waals surface area contributed by atoms with Crippen LogP contribution in [0.2, 0.25) is 0 Å². The normalized spacial score (nSPS) is 15.0. The second-order valence-corrected chi connectivity index (χ2v) is 7.82. The lowest BCUT2D eigenvalue weighted by atomic mass is 9.82. The van der Waals surface area contributed by atoms with Gasteiger partial charge in [-0.25, -0.2) is 0 Å². The molecule has 0 aliphatic heterocycles. The number of hydrogen-bond acceptors (Lipinski definition) is 3. The Bertz CT molecular complexity index is 315. The van der Waals surface area contributed by atoms with Crippen LogP contribution < -0.4 is 0 Å². The van der Waals surface area contributed by atoms with E-state index in [9.17, 15) is 15.0 Å². The minimum Gasteiger partial charge on any atom is -0.481 e. The summed E-state index contributed by atoms with van der Waals surface area (Å²) >= 11 is 0. The van der Waals surface area contributed by atoms with Gasteiger partial charge in [0.1, 0.15) is 0 Å². The fourth-order valence-corrected chi connectivity index (χ4v) is 3.45. The Kier molecular flexibility index (Phi) is 15.2. The largest absolute Gasteiger partial charge is 0.481 e. The SMILES string of the molecule is CCCCCCCCCCCCCC(CCCC(=O)O)C(C)(O)CO. The maximum atomic E-state index is 10.6. The molecule has 0 aliphatic carbocycles. The van der Waals surface area contributed by atoms with E-state index in [1.165, 1.54) is 57.8 Å². The van der Waals surface area contributed by atoms with Crippen LogP contribution in [0.15, 0.2) is 0 Å². The predicted molar refractivity (Wildman–Crippen MR) is 104 cm³/mol. The maximum Gasteiger partial charge on any atom is 0.303 e. The Balaban J connectivity index is 3.75. The molecule has 4 nitrogen and oxygen atoms in total. The third-order valence-corrected chi connectivity index (χ3v) is 5.30. The first-order chi connectivity index (χ1) is 11.9. The number of carbonyl (C=O) groups is 1. The molecule has 0 aromatic rings. The molecule has 0 amide bonds. The van der Waals surface area contributed by atoms with Gasteiger partial charge in [-0.15, -0.1) is 0 Å². The number of carboxylic acids is 1. The molecular weight excluding hydrogens is 316 g/mol. The summed E-state index contributed by atoms with van der Waals surface area (Å²) in [6, 6.07) is 0. The van der Waals surface area contributed by atoms with Crippen molar-refractivity contribution in [3.05, 3.63) is 0 Å². The summed E-state index contributed by atoms with van der Waals surface area (Å²) in [5.41, 5.74) is -1.10. The lowest BCUT2D eigenvalue weighted by Crippen LogP contribution is -2.38. The van der Waals surface area contributed by atoms with Gasteiger partial charge in [0.15, 0.2) is 0 Å². The van der Waals surface area contributed by atoms with Crippen LogP contribution in [0.3, 0.4) is 0 Å². The molecule has 0 spiro atoms. The van der Waals surface area contributed by atoms with Crippen LogP contribution >= 0.6 is 0 Å². The first-order valence-corrected chi connectivity index (χ1v) is 10.5.